The van der Waals surface area contributed by atoms with Gasteiger partial charge in [0.1, 0.15) is 11.5 Å². The number of anilines is 1. The molecule has 160 valence electrons. The third kappa shape index (κ3) is 3.71. The number of nitrogens with zero attached hydrogens (tertiary/aromatic N) is 7. The summed E-state index contributed by atoms with van der Waals surface area (Å²) in [6, 6.07) is 1.82. The van der Waals surface area contributed by atoms with Crippen molar-refractivity contribution in [2.75, 3.05) is 18.0 Å². The molecular formula is C20H19F3N8. The van der Waals surface area contributed by atoms with Crippen LogP contribution >= 0.6 is 0 Å². The van der Waals surface area contributed by atoms with Crippen LogP contribution in [0.4, 0.5) is 19.0 Å². The summed E-state index contributed by atoms with van der Waals surface area (Å²) in [4.78, 5) is 18.7. The van der Waals surface area contributed by atoms with Crippen LogP contribution in [0.2, 0.25) is 0 Å². The second-order valence-corrected chi connectivity index (χ2v) is 7.85. The summed E-state index contributed by atoms with van der Waals surface area (Å²) in [6.07, 6.45) is 5.36. The van der Waals surface area contributed by atoms with E-state index in [1.807, 2.05) is 18.5 Å². The van der Waals surface area contributed by atoms with Gasteiger partial charge in [-0.05, 0) is 24.0 Å². The summed E-state index contributed by atoms with van der Waals surface area (Å²) in [7, 11) is 0. The van der Waals surface area contributed by atoms with E-state index < -0.39 is 11.9 Å². The number of hydrogen-bond donors (Lipinski definition) is 1. The van der Waals surface area contributed by atoms with E-state index in [4.69, 9.17) is 0 Å². The molecule has 1 aliphatic rings. The molecule has 0 aromatic carbocycles. The Morgan fingerprint density at radius 1 is 1.10 bits per heavy atom. The number of alkyl halides is 3. The van der Waals surface area contributed by atoms with E-state index in [2.05, 4.69) is 42.0 Å². The molecule has 1 saturated heterocycles. The minimum Gasteiger partial charge on any atom is -0.356 e. The summed E-state index contributed by atoms with van der Waals surface area (Å²) in [5, 5.41) is 6.92. The number of piperidine rings is 1. The molecule has 8 nitrogen and oxygen atoms in total. The fourth-order valence-corrected chi connectivity index (χ4v) is 4.11. The van der Waals surface area contributed by atoms with Gasteiger partial charge in [0.2, 0.25) is 0 Å². The van der Waals surface area contributed by atoms with Crippen LogP contribution in [0, 0.1) is 5.92 Å². The van der Waals surface area contributed by atoms with E-state index in [9.17, 15) is 13.2 Å². The summed E-state index contributed by atoms with van der Waals surface area (Å²) in [6.45, 7) is 3.80. The Morgan fingerprint density at radius 2 is 1.97 bits per heavy atom. The van der Waals surface area contributed by atoms with Crippen molar-refractivity contribution in [2.24, 2.45) is 5.92 Å². The van der Waals surface area contributed by atoms with Crippen molar-refractivity contribution in [1.29, 1.82) is 0 Å². The molecule has 0 radical (unpaired) electrons. The molecule has 1 aliphatic heterocycles. The lowest BCUT2D eigenvalue weighted by atomic mass is 9.87. The van der Waals surface area contributed by atoms with Crippen molar-refractivity contribution in [2.45, 2.75) is 25.4 Å². The van der Waals surface area contributed by atoms with E-state index in [1.54, 1.807) is 6.20 Å². The van der Waals surface area contributed by atoms with Gasteiger partial charge in [0.25, 0.3) is 0 Å². The molecule has 5 heterocycles. The van der Waals surface area contributed by atoms with Crippen molar-refractivity contribution in [1.82, 2.24) is 34.5 Å². The molecule has 4 aromatic heterocycles. The fourth-order valence-electron chi connectivity index (χ4n) is 4.11. The molecule has 2 atom stereocenters. The molecule has 0 amide bonds. The Morgan fingerprint density at radius 3 is 2.74 bits per heavy atom. The van der Waals surface area contributed by atoms with Gasteiger partial charge in [0, 0.05) is 37.6 Å². The number of fused-ring (bicyclic) bond motifs is 1. The van der Waals surface area contributed by atoms with E-state index >= 15 is 0 Å². The Balaban J connectivity index is 1.49. The summed E-state index contributed by atoms with van der Waals surface area (Å²) >= 11 is 0. The van der Waals surface area contributed by atoms with Gasteiger partial charge in [0.15, 0.2) is 17.2 Å². The SMILES string of the molecule is C[C@@H]1C[C@H](c2cn[nH]c2)CN(c2ccnc(-c3cnc4cnc(C(F)(F)F)cn34)n2)C1. The highest BCUT2D eigenvalue weighted by Gasteiger charge is 2.33. The van der Waals surface area contributed by atoms with Gasteiger partial charge in [-0.2, -0.15) is 18.3 Å². The van der Waals surface area contributed by atoms with E-state index in [1.165, 1.54) is 10.6 Å². The first kappa shape index (κ1) is 19.5. The molecule has 0 saturated carbocycles. The zero-order valence-electron chi connectivity index (χ0n) is 16.6. The number of hydrogen-bond acceptors (Lipinski definition) is 6. The molecule has 11 heteroatoms. The van der Waals surface area contributed by atoms with E-state index in [-0.39, 0.29) is 0 Å². The monoisotopic (exact) mass is 428 g/mol. The predicted octanol–water partition coefficient (Wildman–Crippen LogP) is 3.56. The smallest absolute Gasteiger partial charge is 0.356 e. The number of H-pyrrole nitrogens is 1. The summed E-state index contributed by atoms with van der Waals surface area (Å²) in [5.74, 6) is 1.80. The van der Waals surface area contributed by atoms with Crippen LogP contribution in [-0.2, 0) is 6.18 Å². The maximum atomic E-state index is 13.1. The molecule has 4 aromatic rings. The highest BCUT2D eigenvalue weighted by Crippen LogP contribution is 2.32. The average Bonchev–Trinajstić information content (AvgIpc) is 3.42. The van der Waals surface area contributed by atoms with Gasteiger partial charge in [-0.3, -0.25) is 9.50 Å². The van der Waals surface area contributed by atoms with Gasteiger partial charge in [-0.1, -0.05) is 6.92 Å². The first-order chi connectivity index (χ1) is 14.9. The largest absolute Gasteiger partial charge is 0.434 e. The molecule has 31 heavy (non-hydrogen) atoms. The van der Waals surface area contributed by atoms with Gasteiger partial charge < -0.3 is 4.90 Å². The van der Waals surface area contributed by atoms with Crippen LogP contribution in [-0.4, -0.2) is 47.6 Å². The van der Waals surface area contributed by atoms with Crippen molar-refractivity contribution < 1.29 is 13.2 Å². The maximum absolute atomic E-state index is 13.1. The van der Waals surface area contributed by atoms with Crippen LogP contribution < -0.4 is 4.90 Å². The molecule has 0 bridgehead atoms. The zero-order valence-corrected chi connectivity index (χ0v) is 16.6. The van der Waals surface area contributed by atoms with Crippen molar-refractivity contribution >= 4 is 11.5 Å². The second-order valence-electron chi connectivity index (χ2n) is 7.85. The molecule has 0 aliphatic carbocycles. The van der Waals surface area contributed by atoms with Crippen molar-refractivity contribution in [3.63, 3.8) is 0 Å². The molecule has 1 fully saturated rings. The third-order valence-corrected chi connectivity index (χ3v) is 5.53. The number of aromatic amines is 1. The Kier molecular flexibility index (Phi) is 4.60. The van der Waals surface area contributed by atoms with Crippen LogP contribution in [0.1, 0.15) is 30.5 Å². The number of imidazole rings is 1. The number of halogens is 3. The second kappa shape index (κ2) is 7.33. The van der Waals surface area contributed by atoms with E-state index in [0.717, 1.165) is 43.3 Å². The summed E-state index contributed by atoms with van der Waals surface area (Å²) < 4.78 is 40.7. The Labute approximate surface area is 175 Å². The van der Waals surface area contributed by atoms with Gasteiger partial charge in [-0.25, -0.2) is 19.9 Å². The van der Waals surface area contributed by atoms with Gasteiger partial charge in [0.05, 0.1) is 18.6 Å². The normalized spacial score (nSPS) is 19.8. The molecule has 0 unspecified atom stereocenters. The third-order valence-electron chi connectivity index (χ3n) is 5.53. The minimum atomic E-state index is -4.55. The minimum absolute atomic E-state index is 0.295. The Bertz CT molecular complexity index is 1200. The number of rotatable bonds is 3. The number of nitrogens with one attached hydrogen (secondary N) is 1. The molecule has 5 rings (SSSR count). The lowest BCUT2D eigenvalue weighted by Crippen LogP contribution is -2.39. The average molecular weight is 428 g/mol. The molecule has 0 spiro atoms. The lowest BCUT2D eigenvalue weighted by Gasteiger charge is -2.37. The molecule has 1 N–H and O–H groups in total. The first-order valence-corrected chi connectivity index (χ1v) is 9.86. The van der Waals surface area contributed by atoms with Gasteiger partial charge in [-0.15, -0.1) is 0 Å². The standard InChI is InChI=1S/C20H19F3N8/c1-12-4-13(14-5-27-28-6-14)10-30(9-12)17-2-3-24-19(29-17)15-7-26-18-8-25-16(11-31(15)18)20(21,22)23/h2-3,5-8,11-13H,4,9-10H2,1H3,(H,27,28)/t12-,13+/m1/s1. The highest BCUT2D eigenvalue weighted by molar-refractivity contribution is 5.58. The fraction of sp³-hybridized carbons (Fsp3) is 0.350. The van der Waals surface area contributed by atoms with Crippen LogP contribution in [0.3, 0.4) is 0 Å². The quantitative estimate of drug-likeness (QED) is 0.537. The summed E-state index contributed by atoms with van der Waals surface area (Å²) in [5.41, 5.74) is 0.827. The van der Waals surface area contributed by atoms with Crippen molar-refractivity contribution in [3.05, 3.63) is 54.5 Å². The first-order valence-electron chi connectivity index (χ1n) is 9.86. The topological polar surface area (TPSA) is 87.9 Å². The molecular weight excluding hydrogens is 409 g/mol. The Hall–Kier alpha value is -3.50. The van der Waals surface area contributed by atoms with E-state index in [0.29, 0.717) is 29.0 Å². The van der Waals surface area contributed by atoms with Gasteiger partial charge >= 0.3 is 6.18 Å². The van der Waals surface area contributed by atoms with Crippen molar-refractivity contribution in [3.8, 4) is 11.5 Å². The van der Waals surface area contributed by atoms with Crippen LogP contribution in [0.5, 0.6) is 0 Å². The van der Waals surface area contributed by atoms with Crippen LogP contribution in [0.25, 0.3) is 17.2 Å². The number of aromatic nitrogens is 7. The predicted molar refractivity (Wildman–Crippen MR) is 106 cm³/mol. The lowest BCUT2D eigenvalue weighted by molar-refractivity contribution is -0.141. The zero-order chi connectivity index (χ0) is 21.6. The highest BCUT2D eigenvalue weighted by atomic mass is 19.4. The van der Waals surface area contributed by atoms with Crippen LogP contribution in [0.15, 0.2) is 43.2 Å². The maximum Gasteiger partial charge on any atom is 0.434 e.